The monoisotopic (exact) mass is 369 g/mol. The van der Waals surface area contributed by atoms with Crippen molar-refractivity contribution in [1.82, 2.24) is 4.98 Å². The number of rotatable bonds is 7. The number of anilines is 1. The van der Waals surface area contributed by atoms with Gasteiger partial charge in [-0.1, -0.05) is 24.3 Å². The third-order valence-corrected chi connectivity index (χ3v) is 4.14. The molecule has 1 heterocycles. The van der Waals surface area contributed by atoms with E-state index in [4.69, 9.17) is 5.11 Å². The van der Waals surface area contributed by atoms with Crippen LogP contribution < -0.4 is 5.32 Å². The number of fused-ring (bicyclic) bond motifs is 2. The average molecular weight is 369 g/mol. The number of carboxylic acid groups (broad SMARTS) is 2. The molecule has 2 aromatic carbocycles. The Morgan fingerprint density at radius 3 is 2.48 bits per heavy atom. The number of aromatic nitrogens is 1. The van der Waals surface area contributed by atoms with Crippen LogP contribution >= 0.6 is 0 Å². The van der Waals surface area contributed by atoms with E-state index in [2.05, 4.69) is 10.3 Å². The number of aliphatic carboxylic acids is 2. The summed E-state index contributed by atoms with van der Waals surface area (Å²) in [7, 11) is 0. The Labute approximate surface area is 152 Å². The number of hydrogen-bond donors (Lipinski definition) is 3. The van der Waals surface area contributed by atoms with Crippen LogP contribution in [0.1, 0.15) is 12.8 Å². The van der Waals surface area contributed by atoms with Crippen LogP contribution in [0, 0.1) is 10.1 Å². The zero-order valence-electron chi connectivity index (χ0n) is 14.0. The summed E-state index contributed by atoms with van der Waals surface area (Å²) < 4.78 is 0. The summed E-state index contributed by atoms with van der Waals surface area (Å²) in [5.41, 5.74) is 0.916. The summed E-state index contributed by atoms with van der Waals surface area (Å²) >= 11 is 0. The van der Waals surface area contributed by atoms with E-state index in [-0.39, 0.29) is 29.6 Å². The molecule has 0 saturated heterocycles. The lowest BCUT2D eigenvalue weighted by molar-refractivity contribution is -0.383. The van der Waals surface area contributed by atoms with Crippen molar-refractivity contribution >= 4 is 45.1 Å². The van der Waals surface area contributed by atoms with Gasteiger partial charge < -0.3 is 15.5 Å². The van der Waals surface area contributed by atoms with Crippen molar-refractivity contribution in [3.63, 3.8) is 0 Å². The molecule has 0 aliphatic carbocycles. The Morgan fingerprint density at radius 2 is 1.81 bits per heavy atom. The molecule has 1 unspecified atom stereocenters. The number of non-ortho nitro benzene ring substituents is 1. The molecule has 1 aromatic heterocycles. The second kappa shape index (κ2) is 7.24. The third kappa shape index (κ3) is 3.61. The quantitative estimate of drug-likeness (QED) is 0.328. The van der Waals surface area contributed by atoms with Gasteiger partial charge in [0.05, 0.1) is 21.6 Å². The second-order valence-electron chi connectivity index (χ2n) is 5.90. The Bertz CT molecular complexity index is 1070. The maximum atomic E-state index is 11.6. The molecule has 0 fully saturated rings. The molecular formula is C18H15N3O6. The van der Waals surface area contributed by atoms with Gasteiger partial charge in [-0.3, -0.25) is 14.9 Å². The van der Waals surface area contributed by atoms with Gasteiger partial charge in [0.25, 0.3) is 5.69 Å². The lowest BCUT2D eigenvalue weighted by Gasteiger charge is -2.18. The normalized spacial score (nSPS) is 12.0. The predicted octanol–water partition coefficient (Wildman–Crippen LogP) is 3.03. The van der Waals surface area contributed by atoms with Crippen molar-refractivity contribution in [1.29, 1.82) is 0 Å². The molecule has 9 heteroatoms. The van der Waals surface area contributed by atoms with Gasteiger partial charge in [0.1, 0.15) is 11.4 Å². The maximum Gasteiger partial charge on any atom is 0.326 e. The largest absolute Gasteiger partial charge is 0.481 e. The van der Waals surface area contributed by atoms with Gasteiger partial charge in [-0.2, -0.15) is 0 Å². The minimum atomic E-state index is -1.25. The van der Waals surface area contributed by atoms with Crippen molar-refractivity contribution in [2.45, 2.75) is 18.9 Å². The molecule has 1 atom stereocenters. The molecule has 0 aliphatic rings. The molecule has 0 saturated carbocycles. The van der Waals surface area contributed by atoms with Crippen molar-refractivity contribution in [3.8, 4) is 0 Å². The van der Waals surface area contributed by atoms with E-state index in [1.807, 2.05) is 0 Å². The number of nitro groups is 1. The first-order valence-electron chi connectivity index (χ1n) is 8.05. The highest BCUT2D eigenvalue weighted by molar-refractivity contribution is 6.11. The van der Waals surface area contributed by atoms with Crippen LogP contribution in [0.3, 0.4) is 0 Å². The number of carboxylic acids is 2. The zero-order valence-corrected chi connectivity index (χ0v) is 14.0. The average Bonchev–Trinajstić information content (AvgIpc) is 2.63. The van der Waals surface area contributed by atoms with Crippen LogP contribution in [0.2, 0.25) is 0 Å². The highest BCUT2D eigenvalue weighted by Crippen LogP contribution is 2.37. The number of hydrogen-bond acceptors (Lipinski definition) is 6. The summed E-state index contributed by atoms with van der Waals surface area (Å²) in [5.74, 6) is -2.37. The van der Waals surface area contributed by atoms with Gasteiger partial charge in [0.15, 0.2) is 0 Å². The number of carbonyl (C=O) groups is 2. The summed E-state index contributed by atoms with van der Waals surface area (Å²) in [4.78, 5) is 37.8. The van der Waals surface area contributed by atoms with E-state index in [0.717, 1.165) is 0 Å². The van der Waals surface area contributed by atoms with E-state index in [9.17, 15) is 24.8 Å². The zero-order chi connectivity index (χ0) is 19.6. The standard InChI is InChI=1S/C18H15N3O6/c22-15(23)9-8-13(18(24)25)20-17-10-4-1-2-5-11(10)19-12-6-3-7-14(16(12)17)21(26)27/h1-7,13H,8-9H2,(H,19,20)(H,22,23)(H,24,25). The van der Waals surface area contributed by atoms with Gasteiger partial charge in [-0.15, -0.1) is 0 Å². The minimum absolute atomic E-state index is 0.177. The molecule has 3 aromatic rings. The number of nitrogens with one attached hydrogen (secondary N) is 1. The second-order valence-corrected chi connectivity index (χ2v) is 5.90. The van der Waals surface area contributed by atoms with Crippen LogP contribution in [0.4, 0.5) is 11.4 Å². The Kier molecular flexibility index (Phi) is 4.84. The Balaban J connectivity index is 2.25. The highest BCUT2D eigenvalue weighted by Gasteiger charge is 2.24. The molecule has 27 heavy (non-hydrogen) atoms. The van der Waals surface area contributed by atoms with E-state index < -0.39 is 22.9 Å². The van der Waals surface area contributed by atoms with Crippen molar-refractivity contribution in [2.75, 3.05) is 5.32 Å². The molecule has 9 nitrogen and oxygen atoms in total. The third-order valence-electron chi connectivity index (χ3n) is 4.14. The molecule has 0 spiro atoms. The van der Waals surface area contributed by atoms with Crippen LogP contribution in [0.25, 0.3) is 21.8 Å². The maximum absolute atomic E-state index is 11.6. The number of nitro benzene ring substituents is 1. The van der Waals surface area contributed by atoms with Gasteiger partial charge in [-0.25, -0.2) is 9.78 Å². The first-order chi connectivity index (χ1) is 12.9. The SMILES string of the molecule is O=C(O)CCC(Nc1c2ccccc2nc2cccc([N+](=O)[O-])c12)C(=O)O. The Hall–Kier alpha value is -3.75. The van der Waals surface area contributed by atoms with E-state index >= 15 is 0 Å². The first-order valence-corrected chi connectivity index (χ1v) is 8.05. The van der Waals surface area contributed by atoms with Gasteiger partial charge in [0, 0.05) is 17.9 Å². The van der Waals surface area contributed by atoms with Crippen molar-refractivity contribution in [2.24, 2.45) is 0 Å². The lowest BCUT2D eigenvalue weighted by Crippen LogP contribution is -2.30. The summed E-state index contributed by atoms with van der Waals surface area (Å²) in [6, 6.07) is 10.1. The van der Waals surface area contributed by atoms with Crippen LogP contribution in [0.15, 0.2) is 42.5 Å². The van der Waals surface area contributed by atoms with E-state index in [0.29, 0.717) is 16.4 Å². The summed E-state index contributed by atoms with van der Waals surface area (Å²) in [6.07, 6.45) is -0.531. The first kappa shape index (κ1) is 18.1. The molecule has 0 radical (unpaired) electrons. The fourth-order valence-corrected chi connectivity index (χ4v) is 2.93. The highest BCUT2D eigenvalue weighted by atomic mass is 16.6. The number of para-hydroxylation sites is 1. The molecule has 0 aliphatic heterocycles. The number of benzene rings is 2. The van der Waals surface area contributed by atoms with Gasteiger partial charge >= 0.3 is 11.9 Å². The van der Waals surface area contributed by atoms with Crippen LogP contribution in [-0.4, -0.2) is 38.1 Å². The predicted molar refractivity (Wildman–Crippen MR) is 97.8 cm³/mol. The van der Waals surface area contributed by atoms with Crippen LogP contribution in [-0.2, 0) is 9.59 Å². The minimum Gasteiger partial charge on any atom is -0.481 e. The molecule has 0 bridgehead atoms. The molecule has 0 amide bonds. The Morgan fingerprint density at radius 1 is 1.11 bits per heavy atom. The number of pyridine rings is 1. The van der Waals surface area contributed by atoms with E-state index in [1.165, 1.54) is 12.1 Å². The molecule has 3 N–H and O–H groups in total. The summed E-state index contributed by atoms with van der Waals surface area (Å²) in [6.45, 7) is 0. The fraction of sp³-hybridized carbons (Fsp3) is 0.167. The summed E-state index contributed by atoms with van der Waals surface area (Å²) in [5, 5.41) is 33.3. The molecule has 3 rings (SSSR count). The number of nitrogens with zero attached hydrogens (tertiary/aromatic N) is 2. The van der Waals surface area contributed by atoms with Gasteiger partial charge in [0.2, 0.25) is 0 Å². The molecular weight excluding hydrogens is 354 g/mol. The van der Waals surface area contributed by atoms with Crippen molar-refractivity contribution < 1.29 is 24.7 Å². The van der Waals surface area contributed by atoms with Gasteiger partial charge in [-0.05, 0) is 18.6 Å². The molecule has 138 valence electrons. The smallest absolute Gasteiger partial charge is 0.326 e. The van der Waals surface area contributed by atoms with Crippen molar-refractivity contribution in [3.05, 3.63) is 52.6 Å². The van der Waals surface area contributed by atoms with E-state index in [1.54, 1.807) is 30.3 Å². The fourth-order valence-electron chi connectivity index (χ4n) is 2.93. The van der Waals surface area contributed by atoms with Crippen LogP contribution in [0.5, 0.6) is 0 Å². The topological polar surface area (TPSA) is 143 Å². The lowest BCUT2D eigenvalue weighted by atomic mass is 10.0.